The van der Waals surface area contributed by atoms with Crippen LogP contribution in [0.4, 0.5) is 0 Å². The highest BCUT2D eigenvalue weighted by Crippen LogP contribution is 2.26. The number of rotatable bonds is 8. The van der Waals surface area contributed by atoms with Gasteiger partial charge in [0.15, 0.2) is 0 Å². The molecule has 0 saturated heterocycles. The Balaban J connectivity index is 1.95. The normalized spacial score (nSPS) is 11.4. The van der Waals surface area contributed by atoms with Gasteiger partial charge in [-0.3, -0.25) is 0 Å². The Kier molecular flexibility index (Phi) is 5.48. The molecule has 1 N–H and O–H groups in total. The maximum absolute atomic E-state index is 5.67. The summed E-state index contributed by atoms with van der Waals surface area (Å²) < 4.78 is 7.96. The molecule has 0 atom stereocenters. The molecule has 3 heteroatoms. The van der Waals surface area contributed by atoms with Gasteiger partial charge in [0.2, 0.25) is 0 Å². The summed E-state index contributed by atoms with van der Waals surface area (Å²) in [6.45, 7) is 10.4. The summed E-state index contributed by atoms with van der Waals surface area (Å²) in [5.74, 6) is 1.75. The van der Waals surface area contributed by atoms with Gasteiger partial charge >= 0.3 is 0 Å². The summed E-state index contributed by atoms with van der Waals surface area (Å²) in [7, 11) is 0. The number of fused-ring (bicyclic) bond motifs is 1. The van der Waals surface area contributed by atoms with E-state index in [-0.39, 0.29) is 0 Å². The molecular formula is C17H26N2O. The van der Waals surface area contributed by atoms with Crippen molar-refractivity contribution >= 4 is 10.9 Å². The monoisotopic (exact) mass is 274 g/mol. The van der Waals surface area contributed by atoms with Gasteiger partial charge in [0.25, 0.3) is 0 Å². The quantitative estimate of drug-likeness (QED) is 0.743. The average Bonchev–Trinajstić information content (AvgIpc) is 2.83. The number of benzene rings is 1. The molecule has 3 nitrogen and oxygen atoms in total. The second-order valence-electron chi connectivity index (χ2n) is 5.56. The molecule has 0 aliphatic rings. The summed E-state index contributed by atoms with van der Waals surface area (Å²) in [6, 6.07) is 8.41. The highest BCUT2D eigenvalue weighted by Gasteiger charge is 2.05. The third kappa shape index (κ3) is 3.76. The fraction of sp³-hybridized carbons (Fsp3) is 0.529. The molecule has 0 amide bonds. The lowest BCUT2D eigenvalue weighted by Gasteiger charge is -2.09. The van der Waals surface area contributed by atoms with Crippen LogP contribution in [0, 0.1) is 5.92 Å². The van der Waals surface area contributed by atoms with E-state index in [1.54, 1.807) is 0 Å². The predicted molar refractivity (Wildman–Crippen MR) is 85.4 cm³/mol. The molecule has 20 heavy (non-hydrogen) atoms. The van der Waals surface area contributed by atoms with E-state index in [0.29, 0.717) is 6.61 Å². The SMILES string of the molecule is CCOc1cccc2c1ccn2CCNCCC(C)C. The Morgan fingerprint density at radius 3 is 2.80 bits per heavy atom. The Morgan fingerprint density at radius 1 is 1.20 bits per heavy atom. The zero-order valence-corrected chi connectivity index (χ0v) is 12.9. The maximum Gasteiger partial charge on any atom is 0.128 e. The number of nitrogens with zero attached hydrogens (tertiary/aromatic N) is 1. The van der Waals surface area contributed by atoms with E-state index in [4.69, 9.17) is 4.74 Å². The molecule has 0 aliphatic heterocycles. The molecule has 1 aromatic heterocycles. The topological polar surface area (TPSA) is 26.2 Å². The van der Waals surface area contributed by atoms with E-state index in [0.717, 1.165) is 31.3 Å². The second-order valence-corrected chi connectivity index (χ2v) is 5.56. The van der Waals surface area contributed by atoms with Crippen LogP contribution in [0.25, 0.3) is 10.9 Å². The van der Waals surface area contributed by atoms with Crippen molar-refractivity contribution in [3.8, 4) is 5.75 Å². The van der Waals surface area contributed by atoms with Crippen molar-refractivity contribution in [3.63, 3.8) is 0 Å². The molecule has 0 unspecified atom stereocenters. The predicted octanol–water partition coefficient (Wildman–Crippen LogP) is 3.68. The van der Waals surface area contributed by atoms with Crippen LogP contribution in [-0.4, -0.2) is 24.3 Å². The highest BCUT2D eigenvalue weighted by molar-refractivity contribution is 5.86. The second kappa shape index (κ2) is 7.34. The van der Waals surface area contributed by atoms with Crippen molar-refractivity contribution in [1.82, 2.24) is 9.88 Å². The number of ether oxygens (including phenoxy) is 1. The Hall–Kier alpha value is -1.48. The molecule has 1 aromatic carbocycles. The van der Waals surface area contributed by atoms with E-state index in [9.17, 15) is 0 Å². The third-order valence-electron chi connectivity index (χ3n) is 3.50. The van der Waals surface area contributed by atoms with Gasteiger partial charge in [-0.15, -0.1) is 0 Å². The zero-order chi connectivity index (χ0) is 14.4. The first-order valence-electron chi connectivity index (χ1n) is 7.63. The van der Waals surface area contributed by atoms with Crippen LogP contribution < -0.4 is 10.1 Å². The first-order chi connectivity index (χ1) is 9.72. The van der Waals surface area contributed by atoms with E-state index < -0.39 is 0 Å². The standard InChI is InChI=1S/C17H26N2O/c1-4-20-17-7-5-6-16-15(17)9-12-19(16)13-11-18-10-8-14(2)3/h5-7,9,12,14,18H,4,8,10-11,13H2,1-3H3. The van der Waals surface area contributed by atoms with Crippen molar-refractivity contribution in [1.29, 1.82) is 0 Å². The largest absolute Gasteiger partial charge is 0.493 e. The van der Waals surface area contributed by atoms with E-state index >= 15 is 0 Å². The van der Waals surface area contributed by atoms with Crippen LogP contribution in [0.2, 0.25) is 0 Å². The summed E-state index contributed by atoms with van der Waals surface area (Å²) in [5.41, 5.74) is 1.25. The van der Waals surface area contributed by atoms with Gasteiger partial charge in [0, 0.05) is 24.7 Å². The Bertz CT molecular complexity index is 531. The molecule has 110 valence electrons. The molecule has 0 fully saturated rings. The number of nitrogens with one attached hydrogen (secondary N) is 1. The Labute approximate surface area is 121 Å². The van der Waals surface area contributed by atoms with Crippen LogP contribution >= 0.6 is 0 Å². The van der Waals surface area contributed by atoms with E-state index in [1.807, 2.05) is 13.0 Å². The number of hydrogen-bond donors (Lipinski definition) is 1. The minimum atomic E-state index is 0.709. The minimum absolute atomic E-state index is 0.709. The third-order valence-corrected chi connectivity index (χ3v) is 3.50. The number of aromatic nitrogens is 1. The van der Waals surface area contributed by atoms with E-state index in [2.05, 4.69) is 48.1 Å². The molecule has 1 heterocycles. The van der Waals surface area contributed by atoms with Crippen LogP contribution in [0.1, 0.15) is 27.2 Å². The molecule has 2 rings (SSSR count). The van der Waals surface area contributed by atoms with Gasteiger partial charge in [-0.1, -0.05) is 19.9 Å². The van der Waals surface area contributed by atoms with Crippen molar-refractivity contribution in [2.45, 2.75) is 33.7 Å². The lowest BCUT2D eigenvalue weighted by molar-refractivity contribution is 0.344. The summed E-state index contributed by atoms with van der Waals surface area (Å²) in [5, 5.41) is 4.71. The van der Waals surface area contributed by atoms with Crippen molar-refractivity contribution < 1.29 is 4.74 Å². The smallest absolute Gasteiger partial charge is 0.128 e. The molecular weight excluding hydrogens is 248 g/mol. The van der Waals surface area contributed by atoms with Gasteiger partial charge in [-0.2, -0.15) is 0 Å². The Morgan fingerprint density at radius 2 is 2.05 bits per heavy atom. The highest BCUT2D eigenvalue weighted by atomic mass is 16.5. The fourth-order valence-electron chi connectivity index (χ4n) is 2.39. The van der Waals surface area contributed by atoms with Crippen molar-refractivity contribution in [2.75, 3.05) is 19.7 Å². The number of hydrogen-bond acceptors (Lipinski definition) is 2. The van der Waals surface area contributed by atoms with Crippen molar-refractivity contribution in [3.05, 3.63) is 30.5 Å². The first kappa shape index (κ1) is 14.9. The lowest BCUT2D eigenvalue weighted by atomic mass is 10.1. The van der Waals surface area contributed by atoms with Gasteiger partial charge in [0.05, 0.1) is 12.1 Å². The lowest BCUT2D eigenvalue weighted by Crippen LogP contribution is -2.21. The van der Waals surface area contributed by atoms with Crippen LogP contribution in [-0.2, 0) is 6.54 Å². The molecule has 2 aromatic rings. The first-order valence-corrected chi connectivity index (χ1v) is 7.63. The summed E-state index contributed by atoms with van der Waals surface area (Å²) in [4.78, 5) is 0. The van der Waals surface area contributed by atoms with Gasteiger partial charge < -0.3 is 14.6 Å². The molecule has 0 radical (unpaired) electrons. The molecule has 0 spiro atoms. The van der Waals surface area contributed by atoms with Crippen LogP contribution in [0.5, 0.6) is 5.75 Å². The molecule has 0 saturated carbocycles. The van der Waals surface area contributed by atoms with Crippen molar-refractivity contribution in [2.24, 2.45) is 5.92 Å². The summed E-state index contributed by atoms with van der Waals surface area (Å²) in [6.07, 6.45) is 3.39. The van der Waals surface area contributed by atoms with Gasteiger partial charge in [-0.25, -0.2) is 0 Å². The van der Waals surface area contributed by atoms with Crippen LogP contribution in [0.15, 0.2) is 30.5 Å². The maximum atomic E-state index is 5.67. The van der Waals surface area contributed by atoms with Gasteiger partial charge in [0.1, 0.15) is 5.75 Å². The zero-order valence-electron chi connectivity index (χ0n) is 12.9. The fourth-order valence-corrected chi connectivity index (χ4v) is 2.39. The van der Waals surface area contributed by atoms with Gasteiger partial charge in [-0.05, 0) is 44.0 Å². The average molecular weight is 274 g/mol. The molecule has 0 bridgehead atoms. The van der Waals surface area contributed by atoms with Crippen LogP contribution in [0.3, 0.4) is 0 Å². The minimum Gasteiger partial charge on any atom is -0.493 e. The summed E-state index contributed by atoms with van der Waals surface area (Å²) >= 11 is 0. The molecule has 0 aliphatic carbocycles. The van der Waals surface area contributed by atoms with E-state index in [1.165, 1.54) is 17.3 Å².